The molecule has 2 rings (SSSR count). The number of carbonyl (C=O) groups is 1. The molecule has 0 unspecified atom stereocenters. The highest BCUT2D eigenvalue weighted by Gasteiger charge is 2.13. The number of aryl methyl sites for hydroxylation is 3. The number of nitriles is 1. The van der Waals surface area contributed by atoms with Crippen LogP contribution in [0, 0.1) is 11.3 Å². The first-order valence-electron chi connectivity index (χ1n) is 9.00. The molecule has 0 saturated carbocycles. The molecule has 0 saturated heterocycles. The Morgan fingerprint density at radius 2 is 1.62 bits per heavy atom. The molecule has 0 fully saturated rings. The number of hydrogen-bond acceptors (Lipinski definition) is 3. The molecule has 2 N–H and O–H groups in total. The first kappa shape index (κ1) is 19.3. The van der Waals surface area contributed by atoms with Crippen LogP contribution < -0.4 is 10.6 Å². The van der Waals surface area contributed by atoms with Gasteiger partial charge in [0.1, 0.15) is 11.6 Å². The highest BCUT2D eigenvalue weighted by atomic mass is 16.1. The van der Waals surface area contributed by atoms with Gasteiger partial charge >= 0.3 is 0 Å². The van der Waals surface area contributed by atoms with E-state index in [4.69, 9.17) is 0 Å². The van der Waals surface area contributed by atoms with Crippen LogP contribution >= 0.6 is 0 Å². The van der Waals surface area contributed by atoms with Gasteiger partial charge in [-0.2, -0.15) is 5.26 Å². The first-order valence-corrected chi connectivity index (χ1v) is 9.00. The van der Waals surface area contributed by atoms with Gasteiger partial charge in [-0.1, -0.05) is 51.1 Å². The second-order valence-corrected chi connectivity index (χ2v) is 5.98. The summed E-state index contributed by atoms with van der Waals surface area (Å²) in [5, 5.41) is 15.3. The van der Waals surface area contributed by atoms with E-state index in [-0.39, 0.29) is 5.57 Å². The minimum absolute atomic E-state index is 0.0394. The number of rotatable bonds is 7. The molecule has 0 aliphatic heterocycles. The number of benzene rings is 2. The van der Waals surface area contributed by atoms with Crippen LogP contribution in [-0.4, -0.2) is 5.91 Å². The van der Waals surface area contributed by atoms with Crippen molar-refractivity contribution < 1.29 is 4.79 Å². The zero-order chi connectivity index (χ0) is 18.9. The monoisotopic (exact) mass is 347 g/mol. The van der Waals surface area contributed by atoms with E-state index >= 15 is 0 Å². The summed E-state index contributed by atoms with van der Waals surface area (Å²) in [5.41, 5.74) is 5.07. The zero-order valence-corrected chi connectivity index (χ0v) is 15.6. The molecule has 26 heavy (non-hydrogen) atoms. The summed E-state index contributed by atoms with van der Waals surface area (Å²) < 4.78 is 0. The lowest BCUT2D eigenvalue weighted by atomic mass is 10.0. The van der Waals surface area contributed by atoms with Gasteiger partial charge < -0.3 is 10.6 Å². The molecule has 4 nitrogen and oxygen atoms in total. The van der Waals surface area contributed by atoms with Gasteiger partial charge in [0, 0.05) is 17.6 Å². The van der Waals surface area contributed by atoms with Crippen LogP contribution in [0.15, 0.2) is 54.2 Å². The Morgan fingerprint density at radius 3 is 2.12 bits per heavy atom. The van der Waals surface area contributed by atoms with Crippen molar-refractivity contribution in [2.45, 2.75) is 40.0 Å². The van der Waals surface area contributed by atoms with Gasteiger partial charge in [0.15, 0.2) is 0 Å². The highest BCUT2D eigenvalue weighted by Crippen LogP contribution is 2.23. The Bertz CT molecular complexity index is 807. The third-order valence-corrected chi connectivity index (χ3v) is 4.35. The van der Waals surface area contributed by atoms with Crippen LogP contribution in [-0.2, 0) is 24.1 Å². The number of anilines is 2. The first-order chi connectivity index (χ1) is 12.6. The van der Waals surface area contributed by atoms with Gasteiger partial charge in [0.25, 0.3) is 5.91 Å². The van der Waals surface area contributed by atoms with Gasteiger partial charge in [-0.15, -0.1) is 0 Å². The summed E-state index contributed by atoms with van der Waals surface area (Å²) in [6.45, 7) is 6.19. The largest absolute Gasteiger partial charge is 0.360 e. The molecule has 0 heterocycles. The van der Waals surface area contributed by atoms with E-state index in [1.54, 1.807) is 0 Å². The minimum Gasteiger partial charge on any atom is -0.360 e. The molecule has 0 spiro atoms. The van der Waals surface area contributed by atoms with Crippen molar-refractivity contribution in [1.82, 2.24) is 0 Å². The molecule has 2 aromatic rings. The third kappa shape index (κ3) is 4.73. The fourth-order valence-corrected chi connectivity index (χ4v) is 2.72. The summed E-state index contributed by atoms with van der Waals surface area (Å²) in [7, 11) is 0. The van der Waals surface area contributed by atoms with Crippen LogP contribution in [0.1, 0.15) is 37.5 Å². The molecule has 134 valence electrons. The number of nitrogens with zero attached hydrogens (tertiary/aromatic N) is 1. The third-order valence-electron chi connectivity index (χ3n) is 4.35. The Labute approximate surface area is 155 Å². The molecule has 2 aromatic carbocycles. The average molecular weight is 347 g/mol. The fraction of sp³-hybridized carbons (Fsp3) is 0.273. The lowest BCUT2D eigenvalue weighted by Gasteiger charge is -2.14. The summed E-state index contributed by atoms with van der Waals surface area (Å²) in [6, 6.07) is 15.9. The van der Waals surface area contributed by atoms with Crippen molar-refractivity contribution in [3.05, 3.63) is 70.9 Å². The Morgan fingerprint density at radius 1 is 1.00 bits per heavy atom. The van der Waals surface area contributed by atoms with E-state index in [1.165, 1.54) is 11.8 Å². The van der Waals surface area contributed by atoms with Gasteiger partial charge in [-0.3, -0.25) is 4.79 Å². The topological polar surface area (TPSA) is 64.9 Å². The van der Waals surface area contributed by atoms with Gasteiger partial charge in [0.2, 0.25) is 0 Å². The highest BCUT2D eigenvalue weighted by molar-refractivity contribution is 6.07. The van der Waals surface area contributed by atoms with E-state index in [0.717, 1.165) is 41.8 Å². The quantitative estimate of drug-likeness (QED) is 0.557. The maximum absolute atomic E-state index is 12.6. The Kier molecular flexibility index (Phi) is 6.99. The number of para-hydroxylation sites is 1. The second kappa shape index (κ2) is 9.43. The molecule has 0 radical (unpaired) electrons. The molecular formula is C22H25N3O. The van der Waals surface area contributed by atoms with Gasteiger partial charge in [0.05, 0.1) is 0 Å². The van der Waals surface area contributed by atoms with Crippen molar-refractivity contribution in [3.63, 3.8) is 0 Å². The van der Waals surface area contributed by atoms with E-state index in [2.05, 4.69) is 17.6 Å². The van der Waals surface area contributed by atoms with E-state index in [9.17, 15) is 10.1 Å². The number of carbonyl (C=O) groups excluding carboxylic acids is 1. The van der Waals surface area contributed by atoms with Crippen molar-refractivity contribution in [2.24, 2.45) is 0 Å². The van der Waals surface area contributed by atoms with Crippen LogP contribution in [0.2, 0.25) is 0 Å². The zero-order valence-electron chi connectivity index (χ0n) is 15.6. The van der Waals surface area contributed by atoms with Crippen molar-refractivity contribution >= 4 is 17.3 Å². The lowest BCUT2D eigenvalue weighted by Crippen LogP contribution is -2.17. The summed E-state index contributed by atoms with van der Waals surface area (Å²) in [4.78, 5) is 12.6. The predicted octanol–water partition coefficient (Wildman–Crippen LogP) is 4.83. The van der Waals surface area contributed by atoms with Crippen molar-refractivity contribution in [2.75, 3.05) is 10.6 Å². The second-order valence-electron chi connectivity index (χ2n) is 5.98. The van der Waals surface area contributed by atoms with Crippen LogP contribution in [0.3, 0.4) is 0 Å². The molecule has 4 heteroatoms. The van der Waals surface area contributed by atoms with E-state index in [0.29, 0.717) is 0 Å². The normalized spacial score (nSPS) is 10.9. The maximum Gasteiger partial charge on any atom is 0.267 e. The smallest absolute Gasteiger partial charge is 0.267 e. The number of amides is 1. The van der Waals surface area contributed by atoms with Crippen LogP contribution in [0.5, 0.6) is 0 Å². The minimum atomic E-state index is -0.402. The Balaban J connectivity index is 2.17. The number of nitrogens with one attached hydrogen (secondary N) is 2. The standard InChI is InChI=1S/C22H25N3O/c1-4-16-10-12-20(13-11-16)24-15-19(14-23)22(26)25-21-17(5-2)8-7-9-18(21)6-3/h7-13,15,24H,4-6H2,1-3H3,(H,25,26)/b19-15-. The molecule has 0 atom stereocenters. The van der Waals surface area contributed by atoms with Gasteiger partial charge in [-0.25, -0.2) is 0 Å². The van der Waals surface area contributed by atoms with Crippen molar-refractivity contribution in [3.8, 4) is 6.07 Å². The molecule has 0 aromatic heterocycles. The maximum atomic E-state index is 12.6. The molecule has 0 aliphatic rings. The van der Waals surface area contributed by atoms with E-state index < -0.39 is 5.91 Å². The molecular weight excluding hydrogens is 322 g/mol. The molecule has 0 aliphatic carbocycles. The van der Waals surface area contributed by atoms with Crippen molar-refractivity contribution in [1.29, 1.82) is 5.26 Å². The fourth-order valence-electron chi connectivity index (χ4n) is 2.72. The molecule has 1 amide bonds. The summed E-state index contributed by atoms with van der Waals surface area (Å²) in [6.07, 6.45) is 4.06. The van der Waals surface area contributed by atoms with E-state index in [1.807, 2.05) is 62.4 Å². The predicted molar refractivity (Wildman–Crippen MR) is 107 cm³/mol. The van der Waals surface area contributed by atoms with Crippen LogP contribution in [0.4, 0.5) is 11.4 Å². The number of hydrogen-bond donors (Lipinski definition) is 2. The lowest BCUT2D eigenvalue weighted by molar-refractivity contribution is -0.112. The average Bonchev–Trinajstić information content (AvgIpc) is 2.69. The molecule has 0 bridgehead atoms. The summed E-state index contributed by atoms with van der Waals surface area (Å²) in [5.74, 6) is -0.402. The van der Waals surface area contributed by atoms with Crippen LogP contribution in [0.25, 0.3) is 0 Å². The Hall–Kier alpha value is -3.06. The summed E-state index contributed by atoms with van der Waals surface area (Å²) >= 11 is 0. The SMILES string of the molecule is CCc1ccc(N/C=C(/C#N)C(=O)Nc2c(CC)cccc2CC)cc1. The van der Waals surface area contributed by atoms with Gasteiger partial charge in [-0.05, 0) is 48.1 Å².